The Hall–Kier alpha value is -0.530. The Morgan fingerprint density at radius 2 is 1.69 bits per heavy atom. The van der Waals surface area contributed by atoms with Crippen LogP contribution >= 0.6 is 11.6 Å². The van der Waals surface area contributed by atoms with Gasteiger partial charge in [0.15, 0.2) is 0 Å². The number of hydrogen-bond acceptors (Lipinski definition) is 1. The SMILES string of the molecule is C[C@@H]1CC[C@@H](N[C@@H](C)C23C[C@@H]4C[C@@H](CC(c5ccc(Cl)cc5)(C4)C2)C3)C1. The summed E-state index contributed by atoms with van der Waals surface area (Å²) in [5.74, 6) is 2.80. The number of benzene rings is 1. The summed E-state index contributed by atoms with van der Waals surface area (Å²) in [5.41, 5.74) is 2.52. The Balaban J connectivity index is 1.42. The third-order valence-electron chi connectivity index (χ3n) is 8.66. The summed E-state index contributed by atoms with van der Waals surface area (Å²) >= 11 is 6.19. The predicted molar refractivity (Wildman–Crippen MR) is 110 cm³/mol. The minimum atomic E-state index is 0.424. The van der Waals surface area contributed by atoms with Crippen LogP contribution in [0.15, 0.2) is 24.3 Å². The topological polar surface area (TPSA) is 12.0 Å². The van der Waals surface area contributed by atoms with Crippen LogP contribution in [0.1, 0.15) is 77.2 Å². The fourth-order valence-electron chi connectivity index (χ4n) is 7.87. The van der Waals surface area contributed by atoms with E-state index in [0.29, 0.717) is 16.9 Å². The molecule has 0 heterocycles. The van der Waals surface area contributed by atoms with Gasteiger partial charge >= 0.3 is 0 Å². The van der Waals surface area contributed by atoms with Gasteiger partial charge in [-0.25, -0.2) is 0 Å². The molecule has 2 heteroatoms. The number of rotatable bonds is 4. The molecule has 6 rings (SSSR count). The van der Waals surface area contributed by atoms with Crippen molar-refractivity contribution >= 4 is 11.6 Å². The molecule has 7 atom stereocenters. The van der Waals surface area contributed by atoms with Gasteiger partial charge in [-0.2, -0.15) is 0 Å². The first-order valence-corrected chi connectivity index (χ1v) is 11.4. The lowest BCUT2D eigenvalue weighted by Crippen LogP contribution is -2.60. The lowest BCUT2D eigenvalue weighted by atomic mass is 9.41. The molecule has 1 aromatic carbocycles. The molecule has 5 saturated carbocycles. The van der Waals surface area contributed by atoms with E-state index in [9.17, 15) is 0 Å². The highest BCUT2D eigenvalue weighted by Gasteiger charge is 2.59. The van der Waals surface area contributed by atoms with Gasteiger partial charge in [-0.1, -0.05) is 30.7 Å². The Morgan fingerprint density at radius 3 is 2.31 bits per heavy atom. The standard InChI is InChI=1S/C24H34ClN/c1-16-3-8-22(9-16)26-17(2)23-11-18-10-19(12-23)14-24(13-18,15-23)20-4-6-21(25)7-5-20/h4-7,16-19,22,26H,3,8-15H2,1-2H3/t16-,17+,18-,19+,22-,23?,24?/m1/s1. The highest BCUT2D eigenvalue weighted by molar-refractivity contribution is 6.30. The number of nitrogens with one attached hydrogen (secondary N) is 1. The summed E-state index contributed by atoms with van der Waals surface area (Å²) in [4.78, 5) is 0. The van der Waals surface area contributed by atoms with Gasteiger partial charge in [0.25, 0.3) is 0 Å². The Bertz CT molecular complexity index is 651. The van der Waals surface area contributed by atoms with Crippen molar-refractivity contribution in [2.45, 2.75) is 89.1 Å². The van der Waals surface area contributed by atoms with Gasteiger partial charge in [0.05, 0.1) is 0 Å². The fourth-order valence-corrected chi connectivity index (χ4v) is 8.00. The van der Waals surface area contributed by atoms with Gasteiger partial charge in [0, 0.05) is 17.1 Å². The largest absolute Gasteiger partial charge is 0.311 e. The first-order valence-electron chi connectivity index (χ1n) is 11.0. The normalized spacial score (nSPS) is 45.2. The molecule has 0 aliphatic heterocycles. The first-order chi connectivity index (χ1) is 12.5. The minimum Gasteiger partial charge on any atom is -0.311 e. The van der Waals surface area contributed by atoms with E-state index in [-0.39, 0.29) is 0 Å². The zero-order valence-electron chi connectivity index (χ0n) is 16.4. The van der Waals surface area contributed by atoms with Crippen molar-refractivity contribution < 1.29 is 0 Å². The summed E-state index contributed by atoms with van der Waals surface area (Å²) < 4.78 is 0. The quantitative estimate of drug-likeness (QED) is 0.650. The molecule has 4 bridgehead atoms. The third kappa shape index (κ3) is 2.85. The van der Waals surface area contributed by atoms with Gasteiger partial charge in [0.1, 0.15) is 0 Å². The molecule has 5 fully saturated rings. The van der Waals surface area contributed by atoms with E-state index in [0.717, 1.165) is 28.8 Å². The van der Waals surface area contributed by atoms with Gasteiger partial charge in [-0.15, -0.1) is 0 Å². The maximum Gasteiger partial charge on any atom is 0.0406 e. The molecule has 1 nitrogen and oxygen atoms in total. The molecule has 0 spiro atoms. The van der Waals surface area contributed by atoms with Crippen molar-refractivity contribution in [3.05, 3.63) is 34.9 Å². The van der Waals surface area contributed by atoms with E-state index in [1.165, 1.54) is 57.8 Å². The molecule has 5 aliphatic rings. The Kier molecular flexibility index (Phi) is 4.22. The third-order valence-corrected chi connectivity index (χ3v) is 8.91. The summed E-state index contributed by atoms with van der Waals surface area (Å²) in [6, 6.07) is 10.3. The highest BCUT2D eigenvalue weighted by atomic mass is 35.5. The molecule has 5 aliphatic carbocycles. The fraction of sp³-hybridized carbons (Fsp3) is 0.750. The second kappa shape index (κ2) is 6.24. The van der Waals surface area contributed by atoms with Crippen LogP contribution in [0.2, 0.25) is 5.02 Å². The second-order valence-corrected chi connectivity index (χ2v) is 11.1. The van der Waals surface area contributed by atoms with Crippen LogP contribution in [0.4, 0.5) is 0 Å². The average molecular weight is 372 g/mol. The molecule has 142 valence electrons. The van der Waals surface area contributed by atoms with E-state index in [1.807, 2.05) is 0 Å². The van der Waals surface area contributed by atoms with E-state index in [2.05, 4.69) is 43.4 Å². The zero-order chi connectivity index (χ0) is 17.9. The summed E-state index contributed by atoms with van der Waals surface area (Å²) in [6.07, 6.45) is 12.8. The lowest BCUT2D eigenvalue weighted by molar-refractivity contribution is -0.0895. The number of halogens is 1. The smallest absolute Gasteiger partial charge is 0.0406 e. The van der Waals surface area contributed by atoms with Crippen LogP contribution in [0.3, 0.4) is 0 Å². The second-order valence-electron chi connectivity index (χ2n) is 10.6. The van der Waals surface area contributed by atoms with Crippen LogP contribution in [0.25, 0.3) is 0 Å². The monoisotopic (exact) mass is 371 g/mol. The Labute approximate surface area is 164 Å². The van der Waals surface area contributed by atoms with Gasteiger partial charge in [-0.3, -0.25) is 0 Å². The Morgan fingerprint density at radius 1 is 1.00 bits per heavy atom. The summed E-state index contributed by atoms with van der Waals surface area (Å²) in [6.45, 7) is 4.94. The molecule has 1 N–H and O–H groups in total. The molecule has 0 radical (unpaired) electrons. The van der Waals surface area contributed by atoms with Crippen LogP contribution in [-0.2, 0) is 5.41 Å². The van der Waals surface area contributed by atoms with Crippen molar-refractivity contribution in [3.8, 4) is 0 Å². The van der Waals surface area contributed by atoms with Crippen LogP contribution in [0, 0.1) is 23.2 Å². The van der Waals surface area contributed by atoms with Gasteiger partial charge in [-0.05, 0) is 111 Å². The van der Waals surface area contributed by atoms with Crippen LogP contribution in [0.5, 0.6) is 0 Å². The van der Waals surface area contributed by atoms with E-state index < -0.39 is 0 Å². The van der Waals surface area contributed by atoms with Crippen LogP contribution < -0.4 is 5.32 Å². The molecule has 1 aromatic rings. The zero-order valence-corrected chi connectivity index (χ0v) is 17.2. The lowest BCUT2D eigenvalue weighted by Gasteiger charge is -2.64. The molecular formula is C24H34ClN. The average Bonchev–Trinajstić information content (AvgIpc) is 2.99. The van der Waals surface area contributed by atoms with Crippen molar-refractivity contribution in [3.63, 3.8) is 0 Å². The summed E-state index contributed by atoms with van der Waals surface area (Å²) in [7, 11) is 0. The molecule has 0 aromatic heterocycles. The van der Waals surface area contributed by atoms with E-state index in [1.54, 1.807) is 5.56 Å². The van der Waals surface area contributed by atoms with Crippen LogP contribution in [-0.4, -0.2) is 12.1 Å². The predicted octanol–water partition coefficient (Wildman–Crippen LogP) is 6.34. The molecule has 0 amide bonds. The first kappa shape index (κ1) is 17.6. The van der Waals surface area contributed by atoms with E-state index in [4.69, 9.17) is 11.6 Å². The van der Waals surface area contributed by atoms with Crippen molar-refractivity contribution in [1.29, 1.82) is 0 Å². The van der Waals surface area contributed by atoms with Gasteiger partial charge < -0.3 is 5.32 Å². The van der Waals surface area contributed by atoms with Crippen molar-refractivity contribution in [2.24, 2.45) is 23.2 Å². The maximum atomic E-state index is 6.19. The molecule has 0 saturated heterocycles. The highest BCUT2D eigenvalue weighted by Crippen LogP contribution is 2.66. The molecule has 26 heavy (non-hydrogen) atoms. The maximum absolute atomic E-state index is 6.19. The van der Waals surface area contributed by atoms with Crippen molar-refractivity contribution in [2.75, 3.05) is 0 Å². The van der Waals surface area contributed by atoms with E-state index >= 15 is 0 Å². The summed E-state index contributed by atoms with van der Waals surface area (Å²) in [5, 5.41) is 5.00. The minimum absolute atomic E-state index is 0.424. The van der Waals surface area contributed by atoms with Gasteiger partial charge in [0.2, 0.25) is 0 Å². The molecule has 2 unspecified atom stereocenters. The number of hydrogen-bond donors (Lipinski definition) is 1. The molecular weight excluding hydrogens is 338 g/mol. The van der Waals surface area contributed by atoms with Crippen molar-refractivity contribution in [1.82, 2.24) is 5.32 Å².